The summed E-state index contributed by atoms with van der Waals surface area (Å²) in [5, 5.41) is 0. The van der Waals surface area contributed by atoms with E-state index in [0.29, 0.717) is 11.8 Å². The van der Waals surface area contributed by atoms with E-state index in [0.717, 1.165) is 12.1 Å². The molecule has 0 aliphatic heterocycles. The summed E-state index contributed by atoms with van der Waals surface area (Å²) in [6, 6.07) is 7.00. The van der Waals surface area contributed by atoms with Crippen molar-refractivity contribution < 1.29 is 4.39 Å². The van der Waals surface area contributed by atoms with Gasteiger partial charge in [0.05, 0.1) is 0 Å². The maximum atomic E-state index is 13.6. The highest BCUT2D eigenvalue weighted by Crippen LogP contribution is 2.22. The maximum Gasteiger partial charge on any atom is 0.127 e. The molecule has 0 saturated heterocycles. The summed E-state index contributed by atoms with van der Waals surface area (Å²) < 4.78 is 13.6. The fourth-order valence-electron chi connectivity index (χ4n) is 1.75. The predicted octanol–water partition coefficient (Wildman–Crippen LogP) is 3.69. The molecule has 0 bridgehead atoms. The smallest absolute Gasteiger partial charge is 0.127 e. The molecule has 0 saturated carbocycles. The van der Waals surface area contributed by atoms with Crippen molar-refractivity contribution in [2.45, 2.75) is 19.9 Å². The Hall–Kier alpha value is -0.600. The van der Waals surface area contributed by atoms with Gasteiger partial charge in [0.25, 0.3) is 0 Å². The van der Waals surface area contributed by atoms with E-state index in [9.17, 15) is 4.39 Å². The first kappa shape index (κ1) is 13.5. The number of alkyl halides is 1. The van der Waals surface area contributed by atoms with Gasteiger partial charge in [-0.3, -0.25) is 4.90 Å². The molecule has 1 aromatic carbocycles. The minimum Gasteiger partial charge on any atom is -0.299 e. The molecular formula is C13H19ClFN. The molecule has 0 aliphatic rings. The average Bonchev–Trinajstić information content (AvgIpc) is 2.28. The third kappa shape index (κ3) is 3.46. The van der Waals surface area contributed by atoms with Gasteiger partial charge in [-0.25, -0.2) is 4.39 Å². The van der Waals surface area contributed by atoms with Gasteiger partial charge in [-0.2, -0.15) is 0 Å². The Bertz CT molecular complexity index is 329. The largest absolute Gasteiger partial charge is 0.299 e. The molecule has 0 amide bonds. The lowest BCUT2D eigenvalue weighted by Crippen LogP contribution is -2.28. The van der Waals surface area contributed by atoms with Crippen LogP contribution in [-0.2, 0) is 0 Å². The number of hydrogen-bond donors (Lipinski definition) is 0. The fourth-order valence-corrected chi connectivity index (χ4v) is 1.85. The van der Waals surface area contributed by atoms with Crippen LogP contribution in [0.4, 0.5) is 4.39 Å². The predicted molar refractivity (Wildman–Crippen MR) is 67.3 cm³/mol. The molecule has 1 nitrogen and oxygen atoms in total. The summed E-state index contributed by atoms with van der Waals surface area (Å²) in [6.07, 6.45) is 0. The van der Waals surface area contributed by atoms with Crippen LogP contribution < -0.4 is 0 Å². The molecule has 0 radical (unpaired) electrons. The van der Waals surface area contributed by atoms with E-state index in [2.05, 4.69) is 11.8 Å². The van der Waals surface area contributed by atoms with Crippen molar-refractivity contribution in [2.75, 3.05) is 19.5 Å². The summed E-state index contributed by atoms with van der Waals surface area (Å²) in [6.45, 7) is 4.98. The van der Waals surface area contributed by atoms with Gasteiger partial charge in [-0.05, 0) is 26.0 Å². The SMILES string of the molecule is CC(CCl)CN(C)C(C)c1ccccc1F. The quantitative estimate of drug-likeness (QED) is 0.713. The average molecular weight is 244 g/mol. The number of hydrogen-bond acceptors (Lipinski definition) is 1. The van der Waals surface area contributed by atoms with Gasteiger partial charge < -0.3 is 0 Å². The van der Waals surface area contributed by atoms with Crippen LogP contribution in [-0.4, -0.2) is 24.4 Å². The van der Waals surface area contributed by atoms with Crippen LogP contribution in [0.5, 0.6) is 0 Å². The number of benzene rings is 1. The molecule has 2 unspecified atom stereocenters. The monoisotopic (exact) mass is 243 g/mol. The van der Waals surface area contributed by atoms with Crippen LogP contribution >= 0.6 is 11.6 Å². The first-order chi connectivity index (χ1) is 7.56. The van der Waals surface area contributed by atoms with Crippen LogP contribution in [0.2, 0.25) is 0 Å². The first-order valence-electron chi connectivity index (χ1n) is 5.57. The van der Waals surface area contributed by atoms with Gasteiger partial charge in [-0.15, -0.1) is 11.6 Å². The van der Waals surface area contributed by atoms with Crippen molar-refractivity contribution >= 4 is 11.6 Å². The Balaban J connectivity index is 2.70. The minimum absolute atomic E-state index is 0.0758. The summed E-state index contributed by atoms with van der Waals surface area (Å²) in [4.78, 5) is 2.13. The number of rotatable bonds is 5. The van der Waals surface area contributed by atoms with Crippen molar-refractivity contribution in [3.8, 4) is 0 Å². The highest BCUT2D eigenvalue weighted by Gasteiger charge is 2.16. The minimum atomic E-state index is -0.139. The molecule has 1 aromatic rings. The Kier molecular flexibility index (Phi) is 5.23. The Morgan fingerprint density at radius 1 is 1.31 bits per heavy atom. The van der Waals surface area contributed by atoms with Gasteiger partial charge in [0.2, 0.25) is 0 Å². The fraction of sp³-hybridized carbons (Fsp3) is 0.538. The molecule has 3 heteroatoms. The third-order valence-corrected chi connectivity index (χ3v) is 3.41. The molecule has 0 fully saturated rings. The molecule has 90 valence electrons. The molecule has 0 heterocycles. The molecule has 0 aromatic heterocycles. The summed E-state index contributed by atoms with van der Waals surface area (Å²) in [7, 11) is 2.00. The van der Waals surface area contributed by atoms with E-state index in [4.69, 9.17) is 11.6 Å². The number of halogens is 2. The van der Waals surface area contributed by atoms with E-state index >= 15 is 0 Å². The van der Waals surface area contributed by atoms with Crippen LogP contribution in [0.15, 0.2) is 24.3 Å². The standard InChI is InChI=1S/C13H19ClFN/c1-10(8-14)9-16(3)11(2)12-6-4-5-7-13(12)15/h4-7,10-11H,8-9H2,1-3H3. The van der Waals surface area contributed by atoms with Crippen LogP contribution in [0.1, 0.15) is 25.5 Å². The Morgan fingerprint density at radius 3 is 2.50 bits per heavy atom. The summed E-state index contributed by atoms with van der Waals surface area (Å²) in [5.41, 5.74) is 0.742. The lowest BCUT2D eigenvalue weighted by molar-refractivity contribution is 0.230. The van der Waals surface area contributed by atoms with Gasteiger partial charge in [0, 0.05) is 24.0 Å². The molecule has 0 N–H and O–H groups in total. The lowest BCUT2D eigenvalue weighted by Gasteiger charge is -2.27. The second kappa shape index (κ2) is 6.21. The second-order valence-electron chi connectivity index (χ2n) is 4.40. The third-order valence-electron chi connectivity index (χ3n) is 2.88. The van der Waals surface area contributed by atoms with Gasteiger partial charge in [-0.1, -0.05) is 25.1 Å². The molecule has 0 spiro atoms. The number of nitrogens with zero attached hydrogens (tertiary/aromatic N) is 1. The summed E-state index contributed by atoms with van der Waals surface area (Å²) >= 11 is 5.78. The highest BCUT2D eigenvalue weighted by atomic mass is 35.5. The normalized spacial score (nSPS) is 15.1. The maximum absolute atomic E-state index is 13.6. The van der Waals surface area contributed by atoms with Crippen LogP contribution in [0, 0.1) is 11.7 Å². The topological polar surface area (TPSA) is 3.24 Å². The molecular weight excluding hydrogens is 225 g/mol. The highest BCUT2D eigenvalue weighted by molar-refractivity contribution is 6.18. The van der Waals surface area contributed by atoms with Gasteiger partial charge in [0.1, 0.15) is 5.82 Å². The Morgan fingerprint density at radius 2 is 1.94 bits per heavy atom. The summed E-state index contributed by atoms with van der Waals surface area (Å²) in [5.74, 6) is 0.912. The van der Waals surface area contributed by atoms with Gasteiger partial charge >= 0.3 is 0 Å². The van der Waals surface area contributed by atoms with E-state index in [1.165, 1.54) is 6.07 Å². The van der Waals surface area contributed by atoms with Crippen molar-refractivity contribution in [3.63, 3.8) is 0 Å². The molecule has 1 rings (SSSR count). The van der Waals surface area contributed by atoms with E-state index in [1.807, 2.05) is 26.1 Å². The second-order valence-corrected chi connectivity index (χ2v) is 4.71. The molecule has 0 aliphatic carbocycles. The lowest BCUT2D eigenvalue weighted by atomic mass is 10.1. The van der Waals surface area contributed by atoms with E-state index < -0.39 is 0 Å². The van der Waals surface area contributed by atoms with Crippen LogP contribution in [0.3, 0.4) is 0 Å². The zero-order valence-electron chi connectivity index (χ0n) is 10.1. The molecule has 16 heavy (non-hydrogen) atoms. The van der Waals surface area contributed by atoms with Crippen molar-refractivity contribution in [1.29, 1.82) is 0 Å². The van der Waals surface area contributed by atoms with Crippen molar-refractivity contribution in [2.24, 2.45) is 5.92 Å². The van der Waals surface area contributed by atoms with Gasteiger partial charge in [0.15, 0.2) is 0 Å². The van der Waals surface area contributed by atoms with Crippen LogP contribution in [0.25, 0.3) is 0 Å². The van der Waals surface area contributed by atoms with E-state index in [1.54, 1.807) is 6.07 Å². The zero-order chi connectivity index (χ0) is 12.1. The van der Waals surface area contributed by atoms with Crippen molar-refractivity contribution in [3.05, 3.63) is 35.6 Å². The Labute approximate surface area is 102 Å². The van der Waals surface area contributed by atoms with Crippen molar-refractivity contribution in [1.82, 2.24) is 4.90 Å². The first-order valence-corrected chi connectivity index (χ1v) is 6.10. The molecule has 2 atom stereocenters. The van der Waals surface area contributed by atoms with E-state index in [-0.39, 0.29) is 11.9 Å². The zero-order valence-corrected chi connectivity index (χ0v) is 10.8.